The number of nitrogens with one attached hydrogen (secondary N) is 3. The van der Waals surface area contributed by atoms with Crippen LogP contribution in [0.3, 0.4) is 0 Å². The van der Waals surface area contributed by atoms with Crippen molar-refractivity contribution in [3.63, 3.8) is 0 Å². The summed E-state index contributed by atoms with van der Waals surface area (Å²) >= 11 is 0. The second-order valence-electron chi connectivity index (χ2n) is 15.0. The highest BCUT2D eigenvalue weighted by Gasteiger charge is 2.40. The van der Waals surface area contributed by atoms with E-state index in [9.17, 15) is 27.9 Å². The minimum atomic E-state index is -4.69. The number of hydrogen-bond acceptors (Lipinski definition) is 9. The molecule has 6 rings (SSSR count). The predicted octanol–water partition coefficient (Wildman–Crippen LogP) is 7.57. The van der Waals surface area contributed by atoms with E-state index >= 15 is 0 Å². The van der Waals surface area contributed by atoms with Crippen molar-refractivity contribution in [1.82, 2.24) is 10.2 Å². The standard InChI is InChI=1S/C39H48F3N5O7/c1-38(2,3)54-37(50)43-20-21-10-14-47(15-11-21)27-9-8-23(17-25(27)39(40,41)42)44-36(49)45-26-19-29(51-5)34(48)32-24(26)18-28-31-22(12-13-46(28)4)16-30(52-6)35(53-7)33(31)32/h8-9,16-17,19,21,28,48H,10-15,18,20H2,1-7H3,(H,43,50)(H2,44,45,49). The van der Waals surface area contributed by atoms with Gasteiger partial charge in [0.15, 0.2) is 23.0 Å². The number of rotatable bonds is 8. The number of amides is 3. The lowest BCUT2D eigenvalue weighted by Gasteiger charge is -2.41. The van der Waals surface area contributed by atoms with Crippen LogP contribution in [0.25, 0.3) is 11.1 Å². The molecule has 3 aliphatic rings. The molecule has 0 spiro atoms. The smallest absolute Gasteiger partial charge is 0.418 e. The Bertz CT molecular complexity index is 1920. The van der Waals surface area contributed by atoms with Gasteiger partial charge in [-0.1, -0.05) is 0 Å². The summed E-state index contributed by atoms with van der Waals surface area (Å²) in [5.41, 5.74) is 2.53. The molecule has 292 valence electrons. The summed E-state index contributed by atoms with van der Waals surface area (Å²) in [7, 11) is 6.47. The number of carbonyl (C=O) groups is 2. The Morgan fingerprint density at radius 3 is 2.26 bits per heavy atom. The van der Waals surface area contributed by atoms with Crippen LogP contribution in [-0.2, 0) is 23.8 Å². The number of urea groups is 1. The Labute approximate surface area is 312 Å². The third-order valence-electron chi connectivity index (χ3n) is 10.3. The molecule has 4 N–H and O–H groups in total. The molecule has 0 radical (unpaired) electrons. The molecule has 1 aliphatic carbocycles. The third kappa shape index (κ3) is 7.77. The van der Waals surface area contributed by atoms with Crippen molar-refractivity contribution in [2.24, 2.45) is 5.92 Å². The number of alkyl carbamates (subject to hydrolysis) is 1. The van der Waals surface area contributed by atoms with Gasteiger partial charge in [0.05, 0.1) is 32.6 Å². The molecule has 1 atom stereocenters. The number of hydrogen-bond donors (Lipinski definition) is 4. The first kappa shape index (κ1) is 38.7. The number of methoxy groups -OCH3 is 3. The summed E-state index contributed by atoms with van der Waals surface area (Å²) in [5, 5.41) is 19.7. The number of nitrogens with zero attached hydrogens (tertiary/aromatic N) is 2. The molecule has 0 bridgehead atoms. The number of carbonyl (C=O) groups excluding carboxylic acids is 2. The van der Waals surface area contributed by atoms with Gasteiger partial charge in [-0.2, -0.15) is 13.2 Å². The summed E-state index contributed by atoms with van der Waals surface area (Å²) in [5.74, 6) is 0.985. The van der Waals surface area contributed by atoms with Gasteiger partial charge in [-0.05, 0) is 100 Å². The van der Waals surface area contributed by atoms with Crippen LogP contribution >= 0.6 is 0 Å². The highest BCUT2D eigenvalue weighted by atomic mass is 19.4. The van der Waals surface area contributed by atoms with Crippen LogP contribution in [0, 0.1) is 5.92 Å². The van der Waals surface area contributed by atoms with Crippen molar-refractivity contribution in [3.8, 4) is 34.1 Å². The predicted molar refractivity (Wildman–Crippen MR) is 199 cm³/mol. The summed E-state index contributed by atoms with van der Waals surface area (Å²) in [4.78, 5) is 29.5. The number of benzene rings is 3. The molecule has 0 aromatic heterocycles. The SMILES string of the molecule is COc1cc(NC(=O)Nc2ccc(N3CCC(CNC(=O)OC(C)(C)C)CC3)c(C(F)(F)F)c2)c2c(c1O)-c1c(OC)c(OC)cc3c1C(C2)N(C)CC3. The van der Waals surface area contributed by atoms with Crippen LogP contribution in [-0.4, -0.2) is 82.3 Å². The van der Waals surface area contributed by atoms with Crippen LogP contribution < -0.4 is 35.1 Å². The molecule has 15 heteroatoms. The molecule has 3 aromatic rings. The van der Waals surface area contributed by atoms with E-state index < -0.39 is 29.5 Å². The molecule has 3 amide bonds. The van der Waals surface area contributed by atoms with Crippen LogP contribution in [0.5, 0.6) is 23.0 Å². The Hall–Kier alpha value is -5.05. The molecule has 1 fully saturated rings. The minimum absolute atomic E-state index is 0.0170. The third-order valence-corrected chi connectivity index (χ3v) is 10.3. The van der Waals surface area contributed by atoms with Crippen molar-refractivity contribution in [2.75, 3.05) is 70.1 Å². The highest BCUT2D eigenvalue weighted by Crippen LogP contribution is 2.57. The number of anilines is 3. The molecule has 12 nitrogen and oxygen atoms in total. The molecular weight excluding hydrogens is 707 g/mol. The second-order valence-corrected chi connectivity index (χ2v) is 15.0. The number of phenolic OH excluding ortho intramolecular Hbond substituents is 1. The van der Waals surface area contributed by atoms with E-state index in [0.29, 0.717) is 72.8 Å². The van der Waals surface area contributed by atoms with Crippen LogP contribution in [0.2, 0.25) is 0 Å². The van der Waals surface area contributed by atoms with Gasteiger partial charge in [0.1, 0.15) is 5.60 Å². The summed E-state index contributed by atoms with van der Waals surface area (Å²) in [6, 6.07) is 6.33. The zero-order valence-corrected chi connectivity index (χ0v) is 31.6. The van der Waals surface area contributed by atoms with Crippen LogP contribution in [0.4, 0.5) is 39.8 Å². The Morgan fingerprint density at radius 1 is 0.926 bits per heavy atom. The number of phenols is 1. The number of ether oxygens (including phenoxy) is 4. The van der Waals surface area contributed by atoms with Gasteiger partial charge in [-0.25, -0.2) is 9.59 Å². The second kappa shape index (κ2) is 15.0. The fraction of sp³-hybridized carbons (Fsp3) is 0.487. The number of aromatic hydroxyl groups is 1. The van der Waals surface area contributed by atoms with E-state index in [4.69, 9.17) is 18.9 Å². The topological polar surface area (TPSA) is 134 Å². The van der Waals surface area contributed by atoms with Gasteiger partial charge in [-0.3, -0.25) is 4.90 Å². The lowest BCUT2D eigenvalue weighted by molar-refractivity contribution is -0.137. The Balaban J connectivity index is 1.24. The van der Waals surface area contributed by atoms with E-state index in [-0.39, 0.29) is 34.8 Å². The van der Waals surface area contributed by atoms with Crippen molar-refractivity contribution in [1.29, 1.82) is 0 Å². The maximum atomic E-state index is 14.5. The number of likely N-dealkylation sites (N-methyl/N-ethyl adjacent to an activating group) is 1. The molecule has 0 saturated carbocycles. The summed E-state index contributed by atoms with van der Waals surface area (Å²) in [6.07, 6.45) is -2.88. The van der Waals surface area contributed by atoms with Crippen molar-refractivity contribution < 1.29 is 46.8 Å². The van der Waals surface area contributed by atoms with E-state index in [0.717, 1.165) is 30.2 Å². The van der Waals surface area contributed by atoms with Gasteiger partial charge in [0.2, 0.25) is 0 Å². The molecule has 1 unspecified atom stereocenters. The zero-order valence-electron chi connectivity index (χ0n) is 31.6. The van der Waals surface area contributed by atoms with Crippen molar-refractivity contribution >= 4 is 29.2 Å². The number of alkyl halides is 3. The van der Waals surface area contributed by atoms with Crippen molar-refractivity contribution in [3.05, 3.63) is 52.6 Å². The first-order valence-corrected chi connectivity index (χ1v) is 17.9. The van der Waals surface area contributed by atoms with Gasteiger partial charge in [-0.15, -0.1) is 0 Å². The maximum Gasteiger partial charge on any atom is 0.418 e. The number of halogens is 3. The molecule has 2 heterocycles. The van der Waals surface area contributed by atoms with Crippen LogP contribution in [0.15, 0.2) is 30.3 Å². The first-order chi connectivity index (χ1) is 25.5. The molecule has 54 heavy (non-hydrogen) atoms. The molecule has 2 aliphatic heterocycles. The zero-order chi connectivity index (χ0) is 39.1. The average molecular weight is 756 g/mol. The minimum Gasteiger partial charge on any atom is -0.504 e. The van der Waals surface area contributed by atoms with Gasteiger partial charge >= 0.3 is 18.3 Å². The van der Waals surface area contributed by atoms with Gasteiger partial charge in [0, 0.05) is 60.8 Å². The van der Waals surface area contributed by atoms with Gasteiger partial charge in [0.25, 0.3) is 0 Å². The van der Waals surface area contributed by atoms with E-state index in [2.05, 4.69) is 20.9 Å². The summed E-state index contributed by atoms with van der Waals surface area (Å²) < 4.78 is 65.8. The fourth-order valence-corrected chi connectivity index (χ4v) is 7.78. The largest absolute Gasteiger partial charge is 0.504 e. The first-order valence-electron chi connectivity index (χ1n) is 17.9. The van der Waals surface area contributed by atoms with E-state index in [1.807, 2.05) is 13.1 Å². The molecule has 1 saturated heterocycles. The van der Waals surface area contributed by atoms with E-state index in [1.54, 1.807) is 32.8 Å². The highest BCUT2D eigenvalue weighted by molar-refractivity contribution is 6.03. The number of piperidine rings is 1. The number of fused-ring (bicyclic) bond motifs is 2. The Morgan fingerprint density at radius 2 is 1.63 bits per heavy atom. The summed E-state index contributed by atoms with van der Waals surface area (Å²) in [6.45, 7) is 7.18. The lowest BCUT2D eigenvalue weighted by atomic mass is 9.75. The Kier molecular flexibility index (Phi) is 10.7. The molecule has 3 aromatic carbocycles. The van der Waals surface area contributed by atoms with Crippen molar-refractivity contribution in [2.45, 2.75) is 64.3 Å². The monoisotopic (exact) mass is 755 g/mol. The molecular formula is C39H48F3N5O7. The lowest BCUT2D eigenvalue weighted by Crippen LogP contribution is -2.40. The van der Waals surface area contributed by atoms with Crippen LogP contribution in [0.1, 0.15) is 61.9 Å². The normalized spacial score (nSPS) is 17.2. The van der Waals surface area contributed by atoms with Gasteiger partial charge < -0.3 is 44.9 Å². The fourth-order valence-electron chi connectivity index (χ4n) is 7.78. The van der Waals surface area contributed by atoms with E-state index in [1.165, 1.54) is 32.4 Å². The average Bonchev–Trinajstić information content (AvgIpc) is 3.11. The maximum absolute atomic E-state index is 14.5. The quantitative estimate of drug-likeness (QED) is 0.172.